The van der Waals surface area contributed by atoms with Gasteiger partial charge in [0.25, 0.3) is 11.6 Å². The van der Waals surface area contributed by atoms with Crippen LogP contribution in [-0.2, 0) is 6.54 Å². The Kier molecular flexibility index (Phi) is 5.41. The molecule has 0 spiro atoms. The van der Waals surface area contributed by atoms with Crippen LogP contribution >= 0.6 is 0 Å². The van der Waals surface area contributed by atoms with Crippen molar-refractivity contribution >= 4 is 17.3 Å². The lowest BCUT2D eigenvalue weighted by Crippen LogP contribution is -2.34. The van der Waals surface area contributed by atoms with E-state index in [1.807, 2.05) is 30.3 Å². The fourth-order valence-corrected chi connectivity index (χ4v) is 3.30. The molecule has 0 bridgehead atoms. The first-order valence-electron chi connectivity index (χ1n) is 8.97. The zero-order valence-corrected chi connectivity index (χ0v) is 15.4. The highest BCUT2D eigenvalue weighted by molar-refractivity contribution is 5.96. The number of benzene rings is 2. The number of nitro benzene ring substituents is 1. The fourth-order valence-electron chi connectivity index (χ4n) is 3.30. The molecule has 1 aliphatic heterocycles. The van der Waals surface area contributed by atoms with Crippen LogP contribution in [0.4, 0.5) is 11.4 Å². The van der Waals surface area contributed by atoms with Crippen molar-refractivity contribution in [3.8, 4) is 0 Å². The minimum atomic E-state index is -0.460. The highest BCUT2D eigenvalue weighted by Gasteiger charge is 2.35. The minimum absolute atomic E-state index is 0.0846. The molecule has 3 rings (SSSR count). The Labute approximate surface area is 158 Å². The summed E-state index contributed by atoms with van der Waals surface area (Å²) in [7, 11) is 0. The number of rotatable bonds is 6. The first-order chi connectivity index (χ1) is 12.9. The maximum absolute atomic E-state index is 12.8. The zero-order valence-electron chi connectivity index (χ0n) is 15.4. The summed E-state index contributed by atoms with van der Waals surface area (Å²) in [5.41, 5.74) is 7.36. The van der Waals surface area contributed by atoms with Gasteiger partial charge in [-0.25, -0.2) is 0 Å². The van der Waals surface area contributed by atoms with Crippen LogP contribution in [0.25, 0.3) is 0 Å². The van der Waals surface area contributed by atoms with Gasteiger partial charge < -0.3 is 16.0 Å². The minimum Gasteiger partial charge on any atom is -0.375 e. The number of nitrogens with two attached hydrogens (primary N) is 1. The number of likely N-dealkylation sites (tertiary alicyclic amines) is 1. The third-order valence-corrected chi connectivity index (χ3v) is 5.11. The standard InChI is InChI=1S/C20H24N4O3/c1-20(13-21)9-10-23(14-20)19(25)16-7-8-17(18(11-16)24(26)27)22-12-15-5-3-2-4-6-15/h2-8,11,22H,9-10,12-14,21H2,1H3. The molecule has 0 aromatic heterocycles. The summed E-state index contributed by atoms with van der Waals surface area (Å²) in [4.78, 5) is 25.5. The van der Waals surface area contributed by atoms with E-state index in [4.69, 9.17) is 5.73 Å². The number of carbonyl (C=O) groups is 1. The molecule has 1 fully saturated rings. The SMILES string of the molecule is CC1(CN)CCN(C(=O)c2ccc(NCc3ccccc3)c([N+](=O)[O-])c2)C1. The summed E-state index contributed by atoms with van der Waals surface area (Å²) in [5.74, 6) is -0.190. The van der Waals surface area contributed by atoms with Gasteiger partial charge in [0.15, 0.2) is 0 Å². The van der Waals surface area contributed by atoms with E-state index in [2.05, 4.69) is 12.2 Å². The Bertz CT molecular complexity index is 840. The topological polar surface area (TPSA) is 102 Å². The molecule has 7 heteroatoms. The Morgan fingerprint density at radius 1 is 1.30 bits per heavy atom. The average molecular weight is 368 g/mol. The van der Waals surface area contributed by atoms with E-state index in [0.29, 0.717) is 37.4 Å². The van der Waals surface area contributed by atoms with E-state index in [9.17, 15) is 14.9 Å². The van der Waals surface area contributed by atoms with Gasteiger partial charge in [0.05, 0.1) is 4.92 Å². The monoisotopic (exact) mass is 368 g/mol. The molecule has 2 aromatic rings. The summed E-state index contributed by atoms with van der Waals surface area (Å²) in [6.45, 7) is 4.23. The average Bonchev–Trinajstić information content (AvgIpc) is 3.09. The Hall–Kier alpha value is -2.93. The number of anilines is 1. The second kappa shape index (κ2) is 7.75. The number of carbonyl (C=O) groups excluding carboxylic acids is 1. The second-order valence-electron chi connectivity index (χ2n) is 7.32. The molecular formula is C20H24N4O3. The molecule has 1 aliphatic rings. The summed E-state index contributed by atoms with van der Waals surface area (Å²) in [6.07, 6.45) is 0.841. The lowest BCUT2D eigenvalue weighted by atomic mass is 9.90. The molecule has 27 heavy (non-hydrogen) atoms. The third kappa shape index (κ3) is 4.25. The normalized spacial score (nSPS) is 19.1. The molecule has 0 aliphatic carbocycles. The maximum atomic E-state index is 12.8. The van der Waals surface area contributed by atoms with E-state index in [1.54, 1.807) is 17.0 Å². The van der Waals surface area contributed by atoms with Crippen LogP contribution in [0.2, 0.25) is 0 Å². The van der Waals surface area contributed by atoms with Crippen LogP contribution in [0.5, 0.6) is 0 Å². The molecule has 0 saturated carbocycles. The van der Waals surface area contributed by atoms with Crippen molar-refractivity contribution < 1.29 is 9.72 Å². The van der Waals surface area contributed by atoms with Gasteiger partial charge in [-0.3, -0.25) is 14.9 Å². The summed E-state index contributed by atoms with van der Waals surface area (Å²) in [6, 6.07) is 14.2. The van der Waals surface area contributed by atoms with Crippen LogP contribution in [0.3, 0.4) is 0 Å². The first-order valence-corrected chi connectivity index (χ1v) is 8.97. The van der Waals surface area contributed by atoms with Gasteiger partial charge in [0.2, 0.25) is 0 Å². The van der Waals surface area contributed by atoms with Crippen molar-refractivity contribution in [2.24, 2.45) is 11.1 Å². The molecule has 7 nitrogen and oxygen atoms in total. The molecule has 1 unspecified atom stereocenters. The largest absolute Gasteiger partial charge is 0.375 e. The van der Waals surface area contributed by atoms with Crippen molar-refractivity contribution in [2.45, 2.75) is 19.9 Å². The van der Waals surface area contributed by atoms with Gasteiger partial charge >= 0.3 is 0 Å². The summed E-state index contributed by atoms with van der Waals surface area (Å²) < 4.78 is 0. The van der Waals surface area contributed by atoms with E-state index in [-0.39, 0.29) is 17.0 Å². The third-order valence-electron chi connectivity index (χ3n) is 5.11. The van der Waals surface area contributed by atoms with E-state index in [1.165, 1.54) is 6.07 Å². The Morgan fingerprint density at radius 3 is 2.67 bits per heavy atom. The number of amides is 1. The quantitative estimate of drug-likeness (QED) is 0.603. The number of nitro groups is 1. The van der Waals surface area contributed by atoms with Gasteiger partial charge in [-0.05, 0) is 36.1 Å². The predicted octanol–water partition coefficient (Wildman–Crippen LogP) is 3.02. The maximum Gasteiger partial charge on any atom is 0.293 e. The van der Waals surface area contributed by atoms with Gasteiger partial charge in [0, 0.05) is 31.3 Å². The van der Waals surface area contributed by atoms with Crippen molar-refractivity contribution in [3.05, 3.63) is 69.8 Å². The molecule has 1 atom stereocenters. The molecule has 1 heterocycles. The van der Waals surface area contributed by atoms with Gasteiger partial charge in [0.1, 0.15) is 5.69 Å². The van der Waals surface area contributed by atoms with E-state index in [0.717, 1.165) is 12.0 Å². The van der Waals surface area contributed by atoms with Crippen molar-refractivity contribution in [3.63, 3.8) is 0 Å². The van der Waals surface area contributed by atoms with Crippen molar-refractivity contribution in [1.82, 2.24) is 4.90 Å². The van der Waals surface area contributed by atoms with Gasteiger partial charge in [-0.15, -0.1) is 0 Å². The van der Waals surface area contributed by atoms with Crippen LogP contribution < -0.4 is 11.1 Å². The van der Waals surface area contributed by atoms with Gasteiger partial charge in [-0.1, -0.05) is 37.3 Å². The summed E-state index contributed by atoms with van der Waals surface area (Å²) >= 11 is 0. The molecule has 0 radical (unpaired) electrons. The Morgan fingerprint density at radius 2 is 2.04 bits per heavy atom. The molecule has 142 valence electrons. The molecule has 1 saturated heterocycles. The molecular weight excluding hydrogens is 344 g/mol. The van der Waals surface area contributed by atoms with Crippen LogP contribution in [0, 0.1) is 15.5 Å². The Balaban J connectivity index is 1.77. The number of nitrogens with zero attached hydrogens (tertiary/aromatic N) is 2. The molecule has 3 N–H and O–H groups in total. The van der Waals surface area contributed by atoms with Crippen molar-refractivity contribution in [2.75, 3.05) is 25.0 Å². The lowest BCUT2D eigenvalue weighted by molar-refractivity contribution is -0.384. The smallest absolute Gasteiger partial charge is 0.293 e. The predicted molar refractivity (Wildman–Crippen MR) is 105 cm³/mol. The van der Waals surface area contributed by atoms with E-state index < -0.39 is 4.92 Å². The highest BCUT2D eigenvalue weighted by Crippen LogP contribution is 2.31. The first kappa shape index (κ1) is 18.8. The zero-order chi connectivity index (χ0) is 19.4. The molecule has 1 amide bonds. The molecule has 2 aromatic carbocycles. The van der Waals surface area contributed by atoms with Crippen LogP contribution in [-0.4, -0.2) is 35.4 Å². The second-order valence-corrected chi connectivity index (χ2v) is 7.32. The number of hydrogen-bond donors (Lipinski definition) is 2. The number of hydrogen-bond acceptors (Lipinski definition) is 5. The lowest BCUT2D eigenvalue weighted by Gasteiger charge is -2.22. The van der Waals surface area contributed by atoms with Crippen LogP contribution in [0.15, 0.2) is 48.5 Å². The number of nitrogens with one attached hydrogen (secondary N) is 1. The highest BCUT2D eigenvalue weighted by atomic mass is 16.6. The van der Waals surface area contributed by atoms with Gasteiger partial charge in [-0.2, -0.15) is 0 Å². The summed E-state index contributed by atoms with van der Waals surface area (Å²) in [5, 5.41) is 14.6. The fraction of sp³-hybridized carbons (Fsp3) is 0.350. The van der Waals surface area contributed by atoms with Crippen molar-refractivity contribution in [1.29, 1.82) is 0 Å². The van der Waals surface area contributed by atoms with Crippen LogP contribution in [0.1, 0.15) is 29.3 Å². The van der Waals surface area contributed by atoms with E-state index >= 15 is 0 Å².